The van der Waals surface area contributed by atoms with Gasteiger partial charge in [0.1, 0.15) is 11.5 Å². The first-order chi connectivity index (χ1) is 12.0. The zero-order valence-corrected chi connectivity index (χ0v) is 14.4. The van der Waals surface area contributed by atoms with E-state index in [-0.39, 0.29) is 24.5 Å². The molecule has 6 nitrogen and oxygen atoms in total. The summed E-state index contributed by atoms with van der Waals surface area (Å²) < 4.78 is 10.4. The third-order valence-corrected chi connectivity index (χ3v) is 3.58. The second-order valence-electron chi connectivity index (χ2n) is 5.39. The van der Waals surface area contributed by atoms with Crippen LogP contribution < -0.4 is 20.5 Å². The lowest BCUT2D eigenvalue weighted by Gasteiger charge is -2.09. The molecule has 0 aromatic heterocycles. The molecule has 132 valence electrons. The number of hydrogen-bond donors (Lipinski definition) is 2. The van der Waals surface area contributed by atoms with E-state index < -0.39 is 0 Å². The molecule has 0 unspecified atom stereocenters. The van der Waals surface area contributed by atoms with E-state index in [1.807, 2.05) is 6.92 Å². The van der Waals surface area contributed by atoms with Gasteiger partial charge >= 0.3 is 0 Å². The van der Waals surface area contributed by atoms with E-state index in [1.165, 1.54) is 7.11 Å². The Morgan fingerprint density at radius 2 is 1.80 bits per heavy atom. The molecule has 0 heterocycles. The van der Waals surface area contributed by atoms with Crippen LogP contribution in [0.3, 0.4) is 0 Å². The minimum atomic E-state index is -0.246. The maximum Gasteiger partial charge on any atom is 0.224 e. The highest BCUT2D eigenvalue weighted by Crippen LogP contribution is 2.24. The molecule has 6 heteroatoms. The maximum atomic E-state index is 12.2. The summed E-state index contributed by atoms with van der Waals surface area (Å²) in [7, 11) is 1.52. The molecule has 2 aromatic carbocycles. The highest BCUT2D eigenvalue weighted by Gasteiger charge is 2.10. The number of nitrogens with two attached hydrogens (primary N) is 1. The second-order valence-corrected chi connectivity index (χ2v) is 5.39. The molecule has 25 heavy (non-hydrogen) atoms. The fourth-order valence-electron chi connectivity index (χ4n) is 2.31. The van der Waals surface area contributed by atoms with E-state index >= 15 is 0 Å². The van der Waals surface area contributed by atoms with Crippen LogP contribution in [0.5, 0.6) is 11.5 Å². The summed E-state index contributed by atoms with van der Waals surface area (Å²) in [5.41, 5.74) is 7.36. The van der Waals surface area contributed by atoms with Gasteiger partial charge in [0.05, 0.1) is 19.4 Å². The number of carbonyl (C=O) groups excluding carboxylic acids is 2. The lowest BCUT2D eigenvalue weighted by Crippen LogP contribution is -2.13. The number of nitrogens with one attached hydrogen (secondary N) is 1. The van der Waals surface area contributed by atoms with Crippen molar-refractivity contribution in [3.8, 4) is 11.5 Å². The number of rotatable bonds is 8. The Balaban J connectivity index is 1.86. The molecule has 0 aliphatic heterocycles. The smallest absolute Gasteiger partial charge is 0.224 e. The van der Waals surface area contributed by atoms with Gasteiger partial charge in [-0.15, -0.1) is 0 Å². The highest BCUT2D eigenvalue weighted by atomic mass is 16.5. The largest absolute Gasteiger partial charge is 0.495 e. The van der Waals surface area contributed by atoms with Crippen LogP contribution in [0.25, 0.3) is 0 Å². The number of methoxy groups -OCH3 is 1. The fourth-order valence-corrected chi connectivity index (χ4v) is 2.31. The number of hydrogen-bond acceptors (Lipinski definition) is 5. The van der Waals surface area contributed by atoms with Gasteiger partial charge in [-0.05, 0) is 49.4 Å². The Morgan fingerprint density at radius 1 is 1.08 bits per heavy atom. The lowest BCUT2D eigenvalue weighted by atomic mass is 10.1. The van der Waals surface area contributed by atoms with Crippen molar-refractivity contribution < 1.29 is 19.1 Å². The number of amides is 1. The lowest BCUT2D eigenvalue weighted by molar-refractivity contribution is -0.116. The van der Waals surface area contributed by atoms with Crippen LogP contribution in [0.15, 0.2) is 42.5 Å². The number of benzene rings is 2. The molecular weight excluding hydrogens is 320 g/mol. The van der Waals surface area contributed by atoms with E-state index in [0.29, 0.717) is 35.0 Å². The molecule has 0 saturated carbocycles. The molecular formula is C19H22N2O4. The molecule has 2 rings (SSSR count). The van der Waals surface area contributed by atoms with E-state index in [2.05, 4.69) is 5.32 Å². The number of ether oxygens (including phenoxy) is 2. The van der Waals surface area contributed by atoms with Gasteiger partial charge in [0.2, 0.25) is 5.91 Å². The minimum absolute atomic E-state index is 0.0903. The van der Waals surface area contributed by atoms with Crippen molar-refractivity contribution in [2.24, 2.45) is 0 Å². The van der Waals surface area contributed by atoms with Gasteiger partial charge in [-0.2, -0.15) is 0 Å². The third-order valence-electron chi connectivity index (χ3n) is 3.58. The molecule has 0 radical (unpaired) electrons. The van der Waals surface area contributed by atoms with Crippen molar-refractivity contribution >= 4 is 23.1 Å². The minimum Gasteiger partial charge on any atom is -0.495 e. The van der Waals surface area contributed by atoms with Gasteiger partial charge in [-0.1, -0.05) is 0 Å². The zero-order chi connectivity index (χ0) is 18.2. The Hall–Kier alpha value is -3.02. The average molecular weight is 342 g/mol. The molecule has 0 spiro atoms. The van der Waals surface area contributed by atoms with Crippen LogP contribution in [0, 0.1) is 0 Å². The van der Waals surface area contributed by atoms with Gasteiger partial charge in [-0.3, -0.25) is 9.59 Å². The van der Waals surface area contributed by atoms with E-state index in [4.69, 9.17) is 15.2 Å². The van der Waals surface area contributed by atoms with Crippen molar-refractivity contribution in [1.82, 2.24) is 0 Å². The summed E-state index contributed by atoms with van der Waals surface area (Å²) in [6.07, 6.45) is 0.226. The van der Waals surface area contributed by atoms with Crippen LogP contribution in [-0.4, -0.2) is 25.4 Å². The van der Waals surface area contributed by atoms with Crippen LogP contribution in [0.1, 0.15) is 30.1 Å². The van der Waals surface area contributed by atoms with Gasteiger partial charge in [0.25, 0.3) is 0 Å². The number of Topliss-reactive ketones (excluding diaryl/α,β-unsaturated/α-hetero) is 1. The molecule has 0 aliphatic rings. The quantitative estimate of drug-likeness (QED) is 0.567. The Kier molecular flexibility index (Phi) is 6.39. The van der Waals surface area contributed by atoms with Gasteiger partial charge in [0, 0.05) is 24.1 Å². The SMILES string of the molecule is CCOc1ccc(C(=O)CCC(=O)Nc2ccc(OC)c(N)c2)cc1. The second kappa shape index (κ2) is 8.73. The fraction of sp³-hybridized carbons (Fsp3) is 0.263. The van der Waals surface area contributed by atoms with Crippen LogP contribution in [-0.2, 0) is 4.79 Å². The Labute approximate surface area is 146 Å². The van der Waals surface area contributed by atoms with Crippen LogP contribution in [0.2, 0.25) is 0 Å². The van der Waals surface area contributed by atoms with Crippen LogP contribution in [0.4, 0.5) is 11.4 Å². The molecule has 0 bridgehead atoms. The highest BCUT2D eigenvalue weighted by molar-refractivity contribution is 6.00. The van der Waals surface area contributed by atoms with Crippen molar-refractivity contribution in [3.63, 3.8) is 0 Å². The van der Waals surface area contributed by atoms with E-state index in [0.717, 1.165) is 0 Å². The number of ketones is 1. The summed E-state index contributed by atoms with van der Waals surface area (Å²) in [5, 5.41) is 2.72. The summed E-state index contributed by atoms with van der Waals surface area (Å²) in [4.78, 5) is 24.1. The summed E-state index contributed by atoms with van der Waals surface area (Å²) in [5.74, 6) is 0.925. The van der Waals surface area contributed by atoms with E-state index in [9.17, 15) is 9.59 Å². The standard InChI is InChI=1S/C19H22N2O4/c1-3-25-15-7-4-13(5-8-15)17(22)9-11-19(23)21-14-6-10-18(24-2)16(20)12-14/h4-8,10,12H,3,9,11,20H2,1-2H3,(H,21,23). The van der Waals surface area contributed by atoms with E-state index in [1.54, 1.807) is 42.5 Å². The molecule has 3 N–H and O–H groups in total. The first-order valence-electron chi connectivity index (χ1n) is 8.03. The molecule has 0 fully saturated rings. The van der Waals surface area contributed by atoms with Crippen molar-refractivity contribution in [2.45, 2.75) is 19.8 Å². The molecule has 0 saturated heterocycles. The van der Waals surface area contributed by atoms with Crippen molar-refractivity contribution in [2.75, 3.05) is 24.8 Å². The molecule has 2 aromatic rings. The summed E-state index contributed by atoms with van der Waals surface area (Å²) in [6.45, 7) is 2.47. The molecule has 1 amide bonds. The van der Waals surface area contributed by atoms with Crippen LogP contribution >= 0.6 is 0 Å². The zero-order valence-electron chi connectivity index (χ0n) is 14.4. The summed E-state index contributed by atoms with van der Waals surface area (Å²) in [6, 6.07) is 11.9. The average Bonchev–Trinajstić information content (AvgIpc) is 2.61. The number of anilines is 2. The third kappa shape index (κ3) is 5.24. The van der Waals surface area contributed by atoms with Crippen molar-refractivity contribution in [1.29, 1.82) is 0 Å². The van der Waals surface area contributed by atoms with Gasteiger partial charge in [-0.25, -0.2) is 0 Å². The first-order valence-corrected chi connectivity index (χ1v) is 8.03. The Morgan fingerprint density at radius 3 is 2.40 bits per heavy atom. The summed E-state index contributed by atoms with van der Waals surface area (Å²) >= 11 is 0. The van der Waals surface area contributed by atoms with Gasteiger partial charge < -0.3 is 20.5 Å². The van der Waals surface area contributed by atoms with Gasteiger partial charge in [0.15, 0.2) is 5.78 Å². The monoisotopic (exact) mass is 342 g/mol. The molecule has 0 atom stereocenters. The predicted molar refractivity (Wildman–Crippen MR) is 97.2 cm³/mol. The number of nitrogen functional groups attached to an aromatic ring is 1. The normalized spacial score (nSPS) is 10.2. The Bertz CT molecular complexity index is 742. The van der Waals surface area contributed by atoms with Crippen molar-refractivity contribution in [3.05, 3.63) is 48.0 Å². The predicted octanol–water partition coefficient (Wildman–Crippen LogP) is 3.28. The maximum absolute atomic E-state index is 12.2. The first kappa shape index (κ1) is 18.3. The molecule has 0 aliphatic carbocycles. The number of carbonyl (C=O) groups is 2. The topological polar surface area (TPSA) is 90.7 Å².